The lowest BCUT2D eigenvalue weighted by atomic mass is 9.93. The van der Waals surface area contributed by atoms with Crippen molar-refractivity contribution in [2.45, 2.75) is 0 Å². The third kappa shape index (κ3) is 3.76. The number of rotatable bonds is 5. The van der Waals surface area contributed by atoms with Crippen LogP contribution in [-0.4, -0.2) is 28.3 Å². The van der Waals surface area contributed by atoms with E-state index in [1.54, 1.807) is 14.2 Å². The van der Waals surface area contributed by atoms with Crippen LogP contribution in [0.25, 0.3) is 38.6 Å². The number of fused-ring (bicyclic) bond motifs is 2. The molecule has 0 fully saturated rings. The Morgan fingerprint density at radius 3 is 1.91 bits per heavy atom. The quantitative estimate of drug-likeness (QED) is 0.266. The van der Waals surface area contributed by atoms with E-state index < -0.39 is 0 Å². The number of ether oxygens (including phenoxy) is 2. The normalized spacial score (nSPS) is 10.7. The van der Waals surface area contributed by atoms with E-state index in [2.05, 4.69) is 76.2 Å². The Balaban J connectivity index is 0.00000274. The molecule has 0 spiro atoms. The fourth-order valence-electron chi connectivity index (χ4n) is 4.68. The van der Waals surface area contributed by atoms with Crippen molar-refractivity contribution in [2.24, 2.45) is 0 Å². The first-order valence-electron chi connectivity index (χ1n) is 11.0. The van der Waals surface area contributed by atoms with Crippen LogP contribution < -0.4 is 35.9 Å². The van der Waals surface area contributed by atoms with Crippen LogP contribution >= 0.6 is 0 Å². The lowest BCUT2D eigenvalue weighted by molar-refractivity contribution is -0.537. The molecule has 0 N–H and O–H groups in total. The van der Waals surface area contributed by atoms with Crippen molar-refractivity contribution in [3.8, 4) is 28.3 Å². The lowest BCUT2D eigenvalue weighted by Crippen LogP contribution is -3.00. The average Bonchev–Trinajstić information content (AvgIpc) is 2.87. The summed E-state index contributed by atoms with van der Waals surface area (Å²) in [7, 11) is 7.56. The van der Waals surface area contributed by atoms with Gasteiger partial charge in [0.15, 0.2) is 5.75 Å². The Labute approximate surface area is 210 Å². The van der Waals surface area contributed by atoms with Gasteiger partial charge in [0.25, 0.3) is 0 Å². The summed E-state index contributed by atoms with van der Waals surface area (Å²) in [4.78, 5) is 2.09. The maximum Gasteiger partial charge on any atom is 0.223 e. The van der Waals surface area contributed by atoms with Crippen LogP contribution in [0.15, 0.2) is 91.0 Å². The third-order valence-electron chi connectivity index (χ3n) is 6.08. The fraction of sp³-hybridized carbons (Fsp3) is 0.138. The van der Waals surface area contributed by atoms with Gasteiger partial charge in [-0.3, -0.25) is 0 Å². The highest BCUT2D eigenvalue weighted by molar-refractivity contribution is 6.13. The first-order chi connectivity index (χ1) is 16.2. The molecule has 1 heterocycles. The van der Waals surface area contributed by atoms with Crippen molar-refractivity contribution in [1.82, 2.24) is 0 Å². The summed E-state index contributed by atoms with van der Waals surface area (Å²) in [5.41, 5.74) is 6.48. The van der Waals surface area contributed by atoms with E-state index in [4.69, 9.17) is 9.47 Å². The molecular weight excluding hydrogens is 488 g/mol. The molecule has 0 aliphatic heterocycles. The van der Waals surface area contributed by atoms with Gasteiger partial charge in [0.05, 0.1) is 30.7 Å². The number of hydrogen-bond acceptors (Lipinski definition) is 3. The maximum absolute atomic E-state index is 6.10. The van der Waals surface area contributed by atoms with E-state index in [-0.39, 0.29) is 17.0 Å². The van der Waals surface area contributed by atoms with Gasteiger partial charge in [-0.15, -0.1) is 0 Å². The van der Waals surface area contributed by atoms with Gasteiger partial charge in [0.2, 0.25) is 16.7 Å². The molecule has 0 aliphatic rings. The molecule has 0 unspecified atom stereocenters. The van der Waals surface area contributed by atoms with Gasteiger partial charge >= 0.3 is 0 Å². The number of halogens is 1. The molecule has 0 atom stereocenters. The number of benzene rings is 4. The number of anilines is 1. The number of methoxy groups -OCH3 is 2. The van der Waals surface area contributed by atoms with Gasteiger partial charge < -0.3 is 31.4 Å². The van der Waals surface area contributed by atoms with Crippen LogP contribution in [0.5, 0.6) is 11.5 Å². The van der Waals surface area contributed by atoms with Crippen molar-refractivity contribution in [2.75, 3.05) is 33.2 Å². The number of hydrogen-bond donors (Lipinski definition) is 0. The van der Waals surface area contributed by atoms with Crippen LogP contribution in [0.1, 0.15) is 0 Å². The number of pyridine rings is 1. The van der Waals surface area contributed by atoms with E-state index in [1.165, 1.54) is 0 Å². The van der Waals surface area contributed by atoms with Gasteiger partial charge in [0.1, 0.15) is 5.75 Å². The monoisotopic (exact) mass is 514 g/mol. The maximum atomic E-state index is 6.10. The Bertz CT molecular complexity index is 1450. The number of para-hydroxylation sites is 1. The lowest BCUT2D eigenvalue weighted by Gasteiger charge is -2.21. The zero-order chi connectivity index (χ0) is 22.9. The Morgan fingerprint density at radius 1 is 0.647 bits per heavy atom. The summed E-state index contributed by atoms with van der Waals surface area (Å²) in [6.07, 6.45) is 0. The molecule has 5 aromatic rings. The molecule has 0 bridgehead atoms. The van der Waals surface area contributed by atoms with Crippen LogP contribution in [0.3, 0.4) is 0 Å². The standard InChI is InChI=1S/C29H27N2O2.BrH/c1-30(2)24-19-18-23-28(29(24)33-4)26(20-12-7-5-8-13-20)27-22(16-11-17-25(27)32-3)31(23)21-14-9-6-10-15-21;/h5-19H,1-4H3;1H/q+1;/p-1. The Morgan fingerprint density at radius 2 is 1.29 bits per heavy atom. The molecule has 4 aromatic carbocycles. The largest absolute Gasteiger partial charge is 1.00 e. The van der Waals surface area contributed by atoms with E-state index >= 15 is 0 Å². The summed E-state index contributed by atoms with van der Waals surface area (Å²) < 4.78 is 14.3. The zero-order valence-electron chi connectivity index (χ0n) is 19.7. The zero-order valence-corrected chi connectivity index (χ0v) is 21.3. The van der Waals surface area contributed by atoms with E-state index in [0.29, 0.717) is 0 Å². The van der Waals surface area contributed by atoms with Crippen LogP contribution in [0.4, 0.5) is 5.69 Å². The van der Waals surface area contributed by atoms with Crippen LogP contribution in [0, 0.1) is 0 Å². The van der Waals surface area contributed by atoms with E-state index in [0.717, 1.165) is 55.8 Å². The van der Waals surface area contributed by atoms with Crippen molar-refractivity contribution >= 4 is 27.5 Å². The molecule has 1 aromatic heterocycles. The van der Waals surface area contributed by atoms with E-state index in [1.807, 2.05) is 38.4 Å². The predicted molar refractivity (Wildman–Crippen MR) is 136 cm³/mol. The predicted octanol–water partition coefficient (Wildman–Crippen LogP) is 3.02. The topological polar surface area (TPSA) is 25.6 Å². The molecule has 0 aliphatic carbocycles. The van der Waals surface area contributed by atoms with Crippen molar-refractivity contribution in [3.05, 3.63) is 91.0 Å². The molecule has 5 rings (SSSR count). The minimum absolute atomic E-state index is 0. The van der Waals surface area contributed by atoms with Crippen molar-refractivity contribution in [3.63, 3.8) is 0 Å². The number of nitrogens with zero attached hydrogens (tertiary/aromatic N) is 2. The van der Waals surface area contributed by atoms with Gasteiger partial charge in [-0.2, -0.15) is 4.57 Å². The van der Waals surface area contributed by atoms with Gasteiger partial charge in [-0.05, 0) is 17.7 Å². The van der Waals surface area contributed by atoms with Crippen LogP contribution in [-0.2, 0) is 0 Å². The Kier molecular flexibility index (Phi) is 6.75. The first-order valence-corrected chi connectivity index (χ1v) is 11.0. The molecule has 5 heteroatoms. The van der Waals surface area contributed by atoms with Gasteiger partial charge in [-0.1, -0.05) is 54.6 Å². The van der Waals surface area contributed by atoms with Gasteiger partial charge in [0, 0.05) is 43.9 Å². The second-order valence-corrected chi connectivity index (χ2v) is 8.17. The summed E-state index contributed by atoms with van der Waals surface area (Å²) in [5.74, 6) is 1.67. The summed E-state index contributed by atoms with van der Waals surface area (Å²) in [6, 6.07) is 31.5. The first kappa shape index (κ1) is 23.6. The van der Waals surface area contributed by atoms with E-state index in [9.17, 15) is 0 Å². The minimum Gasteiger partial charge on any atom is -1.00 e. The summed E-state index contributed by atoms with van der Waals surface area (Å²) >= 11 is 0. The van der Waals surface area contributed by atoms with Crippen molar-refractivity contribution in [1.29, 1.82) is 0 Å². The molecule has 0 radical (unpaired) electrons. The molecule has 4 nitrogen and oxygen atoms in total. The molecule has 0 saturated carbocycles. The summed E-state index contributed by atoms with van der Waals surface area (Å²) in [5, 5.41) is 2.10. The highest BCUT2D eigenvalue weighted by Gasteiger charge is 2.29. The third-order valence-corrected chi connectivity index (χ3v) is 6.08. The van der Waals surface area contributed by atoms with Crippen LogP contribution in [0.2, 0.25) is 0 Å². The summed E-state index contributed by atoms with van der Waals surface area (Å²) in [6.45, 7) is 0. The molecule has 0 saturated heterocycles. The molecule has 34 heavy (non-hydrogen) atoms. The smallest absolute Gasteiger partial charge is 0.223 e. The molecule has 172 valence electrons. The molecular formula is C29H27BrN2O2. The average molecular weight is 515 g/mol. The van der Waals surface area contributed by atoms with Gasteiger partial charge in [-0.25, -0.2) is 0 Å². The Hall–Kier alpha value is -3.57. The number of aromatic nitrogens is 1. The SMILES string of the molecule is COc1cccc2c1c(-c1ccccc1)c1c(OC)c(N(C)C)ccc1[n+]2-c1ccccc1.[Br-]. The second kappa shape index (κ2) is 9.74. The van der Waals surface area contributed by atoms with Crippen molar-refractivity contribution < 1.29 is 31.0 Å². The highest BCUT2D eigenvalue weighted by atomic mass is 79.9. The highest BCUT2D eigenvalue weighted by Crippen LogP contribution is 2.45. The minimum atomic E-state index is 0. The fourth-order valence-corrected chi connectivity index (χ4v) is 4.68. The molecule has 0 amide bonds. The second-order valence-electron chi connectivity index (χ2n) is 8.17.